The maximum absolute atomic E-state index is 14.6. The van der Waals surface area contributed by atoms with Crippen LogP contribution in [0.3, 0.4) is 0 Å². The van der Waals surface area contributed by atoms with Crippen LogP contribution in [-0.2, 0) is 13.4 Å². The molecule has 0 aliphatic heterocycles. The van der Waals surface area contributed by atoms with Crippen LogP contribution < -0.4 is 10.6 Å². The van der Waals surface area contributed by atoms with E-state index in [2.05, 4.69) is 99.8 Å². The minimum Gasteiger partial charge on any atom is -0.414 e. The molecule has 0 radical (unpaired) electrons. The highest BCUT2D eigenvalue weighted by atomic mass is 31.2. The van der Waals surface area contributed by atoms with Gasteiger partial charge in [0.2, 0.25) is 0 Å². The van der Waals surface area contributed by atoms with Crippen molar-refractivity contribution in [2.75, 3.05) is 6.16 Å². The van der Waals surface area contributed by atoms with Crippen LogP contribution in [0.15, 0.2) is 108 Å². The van der Waals surface area contributed by atoms with Crippen molar-refractivity contribution in [3.05, 3.63) is 108 Å². The van der Waals surface area contributed by atoms with E-state index in [4.69, 9.17) is 8.85 Å². The number of halogens is 3. The Morgan fingerprint density at radius 2 is 1.21 bits per heavy atom. The third-order valence-electron chi connectivity index (χ3n) is 19.0. The molecule has 0 aromatic heterocycles. The van der Waals surface area contributed by atoms with Crippen LogP contribution in [0.4, 0.5) is 13.2 Å². The van der Waals surface area contributed by atoms with Crippen molar-refractivity contribution in [2.24, 2.45) is 22.7 Å². The molecule has 0 bridgehead atoms. The van der Waals surface area contributed by atoms with E-state index >= 15 is 0 Å². The first-order valence-electron chi connectivity index (χ1n) is 29.0. The first-order chi connectivity index (χ1) is 35.3. The van der Waals surface area contributed by atoms with E-state index in [1.807, 2.05) is 60.7 Å². The summed E-state index contributed by atoms with van der Waals surface area (Å²) >= 11 is 0. The van der Waals surface area contributed by atoms with Crippen LogP contribution in [0.2, 0.25) is 36.3 Å². The molecule has 2 aromatic carbocycles. The predicted molar refractivity (Wildman–Crippen MR) is 320 cm³/mol. The van der Waals surface area contributed by atoms with Crippen LogP contribution in [0.1, 0.15) is 172 Å². The third kappa shape index (κ3) is 17.3. The van der Waals surface area contributed by atoms with Crippen molar-refractivity contribution in [1.29, 1.82) is 0 Å². The topological polar surface area (TPSA) is 116 Å². The van der Waals surface area contributed by atoms with Gasteiger partial charge in [-0.2, -0.15) is 13.2 Å². The monoisotopic (exact) mass is 1130 g/mol. The van der Waals surface area contributed by atoms with Gasteiger partial charge in [0, 0.05) is 16.8 Å². The summed E-state index contributed by atoms with van der Waals surface area (Å²) in [6, 6.07) is 20.0. The Hall–Kier alpha value is -2.39. The van der Waals surface area contributed by atoms with E-state index in [-0.39, 0.29) is 33.1 Å². The van der Waals surface area contributed by atoms with E-state index < -0.39 is 53.4 Å². The van der Waals surface area contributed by atoms with Crippen LogP contribution in [0, 0.1) is 22.7 Å². The molecule has 13 heteroatoms. The number of aliphatic hydroxyl groups is 4. The van der Waals surface area contributed by atoms with Gasteiger partial charge in [-0.3, -0.25) is 0 Å². The fourth-order valence-corrected chi connectivity index (χ4v) is 17.8. The summed E-state index contributed by atoms with van der Waals surface area (Å²) in [5, 5.41) is 42.6. The summed E-state index contributed by atoms with van der Waals surface area (Å²) in [5.74, 6) is 0.689. The highest BCUT2D eigenvalue weighted by Gasteiger charge is 2.55. The number of hydrogen-bond acceptors (Lipinski definition) is 7. The Morgan fingerprint density at radius 3 is 1.68 bits per heavy atom. The standard InChI is InChI=1S/C32H51F3O4.C32H51O3PSi2/c1-28(2,38)14-7-15-29(3,16-8-18-31(5,39)32(33,34)35)27-13-12-26-23(9-6-17-30(26,27)4)11-10-22-19-24(36)21-25(37)20-22;1-31(2,3)37(7,8)34-27-23-26(24-28(25-27)35-38(9,10)32(4,5)6)21-22-36(33,29-17-13-11-14-18-29)30-19-15-12-16-20-30/h8,10-11,18,24-27,36-39H,6-7,9,12-17,19-21H2,1-5H3;11-21,27-28H,22-25H2,1-10H3/b18-8-,23-11+;/t24-,25-,26?,27-,29-,30+,31?;27-,28-/m11/s1. The lowest BCUT2D eigenvalue weighted by atomic mass is 9.55. The van der Waals surface area contributed by atoms with Crippen LogP contribution in [0.5, 0.6) is 0 Å². The fourth-order valence-electron chi connectivity index (χ4n) is 12.5. The second kappa shape index (κ2) is 25.4. The summed E-state index contributed by atoms with van der Waals surface area (Å²) in [6.45, 7) is 32.1. The average Bonchev–Trinajstić information content (AvgIpc) is 3.67. The first-order valence-corrected chi connectivity index (χ1v) is 36.7. The number of allylic oxidation sites excluding steroid dienone is 5. The Kier molecular flexibility index (Phi) is 21.6. The predicted octanol–water partition coefficient (Wildman–Crippen LogP) is 16.1. The lowest BCUT2D eigenvalue weighted by molar-refractivity contribution is -0.232. The largest absolute Gasteiger partial charge is 0.420 e. The van der Waals surface area contributed by atoms with Crippen molar-refractivity contribution in [3.63, 3.8) is 0 Å². The van der Waals surface area contributed by atoms with Gasteiger partial charge in [-0.15, -0.1) is 0 Å². The Morgan fingerprint density at radius 1 is 0.701 bits per heavy atom. The van der Waals surface area contributed by atoms with Gasteiger partial charge in [0.15, 0.2) is 22.2 Å². The van der Waals surface area contributed by atoms with E-state index in [0.29, 0.717) is 50.1 Å². The summed E-state index contributed by atoms with van der Waals surface area (Å²) in [7, 11) is -6.68. The Balaban J connectivity index is 0.000000284. The summed E-state index contributed by atoms with van der Waals surface area (Å²) in [5.41, 5.74) is -0.110. The van der Waals surface area contributed by atoms with E-state index in [1.165, 1.54) is 17.2 Å². The molecule has 0 saturated heterocycles. The van der Waals surface area contributed by atoms with Gasteiger partial charge in [-0.25, -0.2) is 0 Å². The molecule has 4 aliphatic rings. The molecule has 0 spiro atoms. The maximum atomic E-state index is 14.6. The average molecular weight is 1130 g/mol. The molecule has 434 valence electrons. The van der Waals surface area contributed by atoms with Gasteiger partial charge in [-0.1, -0.05) is 163 Å². The van der Waals surface area contributed by atoms with Gasteiger partial charge in [0.05, 0.1) is 30.0 Å². The quantitative estimate of drug-likeness (QED) is 0.0708. The molecule has 77 heavy (non-hydrogen) atoms. The molecule has 4 aliphatic carbocycles. The highest BCUT2D eigenvalue weighted by Crippen LogP contribution is 2.64. The number of fused-ring (bicyclic) bond motifs is 1. The number of alkyl halides is 3. The zero-order chi connectivity index (χ0) is 57.7. The number of hydrogen-bond donors (Lipinski definition) is 4. The molecular formula is C64H102F3O7PSi2. The number of rotatable bonds is 17. The van der Waals surface area contributed by atoms with Gasteiger partial charge in [0.25, 0.3) is 0 Å². The van der Waals surface area contributed by atoms with Crippen LogP contribution in [0.25, 0.3) is 0 Å². The Labute approximate surface area is 466 Å². The Bertz CT molecular complexity index is 2300. The number of aliphatic hydroxyl groups excluding tert-OH is 2. The van der Waals surface area contributed by atoms with Gasteiger partial charge < -0.3 is 33.8 Å². The van der Waals surface area contributed by atoms with Crippen molar-refractivity contribution < 1.29 is 47.0 Å². The molecule has 4 fully saturated rings. The van der Waals surface area contributed by atoms with Gasteiger partial charge in [0.1, 0.15) is 7.14 Å². The minimum atomic E-state index is -4.73. The lowest BCUT2D eigenvalue weighted by Gasteiger charge is -2.49. The molecule has 7 nitrogen and oxygen atoms in total. The van der Waals surface area contributed by atoms with Crippen molar-refractivity contribution >= 4 is 34.4 Å². The van der Waals surface area contributed by atoms with Gasteiger partial charge in [-0.05, 0) is 176 Å². The second-order valence-electron chi connectivity index (χ2n) is 28.2. The molecule has 4 N–H and O–H groups in total. The van der Waals surface area contributed by atoms with Crippen LogP contribution >= 0.6 is 7.14 Å². The fraction of sp³-hybridized carbons (Fsp3) is 0.688. The summed E-state index contributed by atoms with van der Waals surface area (Å²) in [6.07, 6.45) is 16.2. The number of benzene rings is 2. The molecule has 4 saturated carbocycles. The molecule has 2 aromatic rings. The second-order valence-corrected chi connectivity index (χ2v) is 40.6. The zero-order valence-electron chi connectivity index (χ0n) is 50.0. The molecule has 0 amide bonds. The molecule has 6 rings (SSSR count). The normalized spacial score (nSPS) is 27.4. The smallest absolute Gasteiger partial charge is 0.414 e. The lowest BCUT2D eigenvalue weighted by Crippen LogP contribution is -2.48. The summed E-state index contributed by atoms with van der Waals surface area (Å²) < 4.78 is 68.5. The van der Waals surface area contributed by atoms with E-state index in [0.717, 1.165) is 93.4 Å². The molecule has 2 unspecified atom stereocenters. The third-order valence-corrected chi connectivity index (χ3v) is 31.1. The molecule has 0 heterocycles. The van der Waals surface area contributed by atoms with Crippen molar-refractivity contribution in [2.45, 2.75) is 251 Å². The van der Waals surface area contributed by atoms with Gasteiger partial charge >= 0.3 is 6.18 Å². The highest BCUT2D eigenvalue weighted by molar-refractivity contribution is 7.78. The summed E-state index contributed by atoms with van der Waals surface area (Å²) in [4.78, 5) is 0. The molecular weight excluding hydrogens is 1020 g/mol. The molecule has 9 atom stereocenters. The van der Waals surface area contributed by atoms with Crippen molar-refractivity contribution in [3.8, 4) is 0 Å². The minimum absolute atomic E-state index is 0.0120. The van der Waals surface area contributed by atoms with Crippen LogP contribution in [-0.4, -0.2) is 85.0 Å². The van der Waals surface area contributed by atoms with Crippen molar-refractivity contribution in [1.82, 2.24) is 0 Å². The SMILES string of the molecule is CC(C)(C)[Si](C)(C)O[C@@H]1CC(=CCP(=O)(c2ccccc2)c2ccccc2)C[C@@H](O[Si](C)(C)C(C)(C)C)C1.CC(C)(O)CCC[C@](C)(C/C=C\C(C)(O)C(F)(F)F)[C@H]1CCC2/C(=C/C=C3C[C@@H](O)C[C@H](O)C3)CCC[C@@]21C. The zero-order valence-corrected chi connectivity index (χ0v) is 52.9. The van der Waals surface area contributed by atoms with E-state index in [1.54, 1.807) is 13.8 Å². The maximum Gasteiger partial charge on any atom is 0.420 e. The van der Waals surface area contributed by atoms with E-state index in [9.17, 15) is 38.2 Å². The first kappa shape index (κ1) is 65.4.